The minimum absolute atomic E-state index is 0.154. The van der Waals surface area contributed by atoms with E-state index >= 15 is 0 Å². The molecular weight excluding hydrogens is 317 g/mol. The molecule has 25 heavy (non-hydrogen) atoms. The summed E-state index contributed by atoms with van der Waals surface area (Å²) in [7, 11) is 0. The van der Waals surface area contributed by atoms with Crippen LogP contribution in [0.2, 0.25) is 0 Å². The van der Waals surface area contributed by atoms with Crippen LogP contribution in [0.4, 0.5) is 4.39 Å². The predicted octanol–water partition coefficient (Wildman–Crippen LogP) is 3.53. The van der Waals surface area contributed by atoms with Gasteiger partial charge in [-0.05, 0) is 54.8 Å². The smallest absolute Gasteiger partial charge is 0.123 e. The van der Waals surface area contributed by atoms with E-state index in [-0.39, 0.29) is 11.9 Å². The molecule has 0 amide bonds. The second-order valence-electron chi connectivity index (χ2n) is 6.25. The van der Waals surface area contributed by atoms with Crippen molar-refractivity contribution in [3.05, 3.63) is 83.7 Å². The van der Waals surface area contributed by atoms with Crippen molar-refractivity contribution in [2.24, 2.45) is 0 Å². The summed E-state index contributed by atoms with van der Waals surface area (Å²) in [4.78, 5) is 4.06. The third kappa shape index (κ3) is 4.13. The fourth-order valence-electron chi connectivity index (χ4n) is 2.78. The van der Waals surface area contributed by atoms with E-state index in [9.17, 15) is 9.50 Å². The molecule has 0 radical (unpaired) electrons. The molecule has 2 unspecified atom stereocenters. The highest BCUT2D eigenvalue weighted by atomic mass is 19.1. The van der Waals surface area contributed by atoms with Crippen LogP contribution >= 0.6 is 0 Å². The van der Waals surface area contributed by atoms with Crippen LogP contribution in [0.25, 0.3) is 5.69 Å². The maximum atomic E-state index is 13.0. The molecule has 0 fully saturated rings. The number of hydrogen-bond donors (Lipinski definition) is 2. The first-order valence-corrected chi connectivity index (χ1v) is 8.29. The molecule has 1 heterocycles. The monoisotopic (exact) mass is 339 g/mol. The van der Waals surface area contributed by atoms with Gasteiger partial charge in [0.1, 0.15) is 5.82 Å². The van der Waals surface area contributed by atoms with Gasteiger partial charge in [0, 0.05) is 30.7 Å². The van der Waals surface area contributed by atoms with Gasteiger partial charge in [0.05, 0.1) is 12.4 Å². The summed E-state index contributed by atoms with van der Waals surface area (Å²) in [6, 6.07) is 12.0. The van der Waals surface area contributed by atoms with Crippen LogP contribution in [0.1, 0.15) is 29.7 Å². The van der Waals surface area contributed by atoms with Crippen LogP contribution in [0, 0.1) is 12.7 Å². The van der Waals surface area contributed by atoms with Crippen LogP contribution in [0.3, 0.4) is 0 Å². The van der Waals surface area contributed by atoms with Gasteiger partial charge in [0.25, 0.3) is 0 Å². The first-order valence-electron chi connectivity index (χ1n) is 8.29. The first kappa shape index (κ1) is 17.3. The van der Waals surface area contributed by atoms with Gasteiger partial charge in [0.2, 0.25) is 0 Å². The third-order valence-electron chi connectivity index (χ3n) is 4.43. The Morgan fingerprint density at radius 2 is 1.96 bits per heavy atom. The second-order valence-corrected chi connectivity index (χ2v) is 6.25. The highest BCUT2D eigenvalue weighted by Crippen LogP contribution is 2.19. The largest absolute Gasteiger partial charge is 0.387 e. The molecule has 5 heteroatoms. The van der Waals surface area contributed by atoms with E-state index in [1.54, 1.807) is 24.7 Å². The third-order valence-corrected chi connectivity index (χ3v) is 4.43. The Morgan fingerprint density at radius 3 is 2.60 bits per heavy atom. The molecule has 0 aliphatic rings. The topological polar surface area (TPSA) is 50.1 Å². The van der Waals surface area contributed by atoms with Gasteiger partial charge < -0.3 is 15.0 Å². The van der Waals surface area contributed by atoms with E-state index < -0.39 is 6.10 Å². The molecule has 130 valence electrons. The quantitative estimate of drug-likeness (QED) is 0.722. The van der Waals surface area contributed by atoms with Crippen molar-refractivity contribution < 1.29 is 9.50 Å². The maximum absolute atomic E-state index is 13.0. The van der Waals surface area contributed by atoms with Crippen LogP contribution in [-0.2, 0) is 6.54 Å². The van der Waals surface area contributed by atoms with E-state index in [0.29, 0.717) is 12.1 Å². The SMILES string of the molecule is Cc1cc(-n2ccnc2)ccc1CNC(C)C(O)c1ccc(F)cc1. The molecule has 1 aromatic heterocycles. The zero-order valence-corrected chi connectivity index (χ0v) is 14.4. The van der Waals surface area contributed by atoms with Crippen molar-refractivity contribution in [2.75, 3.05) is 0 Å². The number of imidazole rings is 1. The van der Waals surface area contributed by atoms with Crippen molar-refractivity contribution in [1.29, 1.82) is 0 Å². The number of benzene rings is 2. The van der Waals surface area contributed by atoms with Crippen LogP contribution < -0.4 is 5.32 Å². The van der Waals surface area contributed by atoms with E-state index in [2.05, 4.69) is 29.4 Å². The molecule has 0 saturated carbocycles. The van der Waals surface area contributed by atoms with Gasteiger partial charge in [0.15, 0.2) is 0 Å². The van der Waals surface area contributed by atoms with Gasteiger partial charge in [-0.2, -0.15) is 0 Å². The molecule has 2 aromatic carbocycles. The molecule has 0 spiro atoms. The highest BCUT2D eigenvalue weighted by molar-refractivity contribution is 5.40. The summed E-state index contributed by atoms with van der Waals surface area (Å²) < 4.78 is 15.0. The number of rotatable bonds is 6. The van der Waals surface area contributed by atoms with Crippen molar-refractivity contribution in [1.82, 2.24) is 14.9 Å². The van der Waals surface area contributed by atoms with E-state index in [1.165, 1.54) is 23.3 Å². The van der Waals surface area contributed by atoms with Crippen LogP contribution in [-0.4, -0.2) is 20.7 Å². The Hall–Kier alpha value is -2.50. The van der Waals surface area contributed by atoms with Crippen molar-refractivity contribution in [2.45, 2.75) is 32.5 Å². The Balaban J connectivity index is 1.63. The minimum atomic E-state index is -0.689. The summed E-state index contributed by atoms with van der Waals surface area (Å²) in [6.07, 6.45) is 4.75. The number of nitrogens with one attached hydrogen (secondary N) is 1. The van der Waals surface area contributed by atoms with Crippen molar-refractivity contribution in [3.63, 3.8) is 0 Å². The lowest BCUT2D eigenvalue weighted by molar-refractivity contribution is 0.135. The lowest BCUT2D eigenvalue weighted by Crippen LogP contribution is -2.32. The van der Waals surface area contributed by atoms with Crippen LogP contribution in [0.15, 0.2) is 61.2 Å². The Bertz CT molecular complexity index is 815. The molecule has 0 aliphatic carbocycles. The molecular formula is C20H22FN3O. The zero-order chi connectivity index (χ0) is 17.8. The van der Waals surface area contributed by atoms with E-state index in [1.807, 2.05) is 23.8 Å². The molecule has 4 nitrogen and oxygen atoms in total. The fourth-order valence-corrected chi connectivity index (χ4v) is 2.78. The number of aliphatic hydroxyl groups excluding tert-OH is 1. The zero-order valence-electron chi connectivity index (χ0n) is 14.4. The standard InChI is InChI=1S/C20H22FN3O/c1-14-11-19(24-10-9-22-13-24)8-5-17(14)12-23-15(2)20(25)16-3-6-18(21)7-4-16/h3-11,13,15,20,23,25H,12H2,1-2H3. The number of aromatic nitrogens is 2. The van der Waals surface area contributed by atoms with Gasteiger partial charge in [-0.1, -0.05) is 18.2 Å². The molecule has 0 saturated heterocycles. The predicted molar refractivity (Wildman–Crippen MR) is 96.0 cm³/mol. The molecule has 2 atom stereocenters. The van der Waals surface area contributed by atoms with Gasteiger partial charge in [-0.3, -0.25) is 0 Å². The average molecular weight is 339 g/mol. The van der Waals surface area contributed by atoms with E-state index in [0.717, 1.165) is 5.69 Å². The summed E-state index contributed by atoms with van der Waals surface area (Å²) in [5, 5.41) is 13.7. The molecule has 2 N–H and O–H groups in total. The number of nitrogens with zero attached hydrogens (tertiary/aromatic N) is 2. The van der Waals surface area contributed by atoms with E-state index in [4.69, 9.17) is 0 Å². The molecule has 3 aromatic rings. The maximum Gasteiger partial charge on any atom is 0.123 e. The number of aliphatic hydroxyl groups is 1. The first-order chi connectivity index (χ1) is 12.0. The van der Waals surface area contributed by atoms with Crippen molar-refractivity contribution >= 4 is 0 Å². The Labute approximate surface area is 147 Å². The molecule has 0 aliphatic heterocycles. The van der Waals surface area contributed by atoms with Gasteiger partial charge in [-0.25, -0.2) is 9.37 Å². The summed E-state index contributed by atoms with van der Waals surface area (Å²) in [5.74, 6) is -0.301. The number of hydrogen-bond acceptors (Lipinski definition) is 3. The minimum Gasteiger partial charge on any atom is -0.387 e. The summed E-state index contributed by atoms with van der Waals surface area (Å²) in [6.45, 7) is 4.64. The average Bonchev–Trinajstić information content (AvgIpc) is 3.15. The Kier molecular flexibility index (Phi) is 5.26. The van der Waals surface area contributed by atoms with Crippen LogP contribution in [0.5, 0.6) is 0 Å². The lowest BCUT2D eigenvalue weighted by Gasteiger charge is -2.21. The molecule has 0 bridgehead atoms. The normalized spacial score (nSPS) is 13.6. The summed E-state index contributed by atoms with van der Waals surface area (Å²) in [5.41, 5.74) is 4.11. The van der Waals surface area contributed by atoms with Gasteiger partial charge in [-0.15, -0.1) is 0 Å². The second kappa shape index (κ2) is 7.59. The molecule has 3 rings (SSSR count). The summed E-state index contributed by atoms with van der Waals surface area (Å²) >= 11 is 0. The number of aryl methyl sites for hydroxylation is 1. The van der Waals surface area contributed by atoms with Gasteiger partial charge >= 0.3 is 0 Å². The highest BCUT2D eigenvalue weighted by Gasteiger charge is 2.16. The van der Waals surface area contributed by atoms with Crippen molar-refractivity contribution in [3.8, 4) is 5.69 Å². The number of halogens is 1. The fraction of sp³-hybridized carbons (Fsp3) is 0.250. The lowest BCUT2D eigenvalue weighted by atomic mass is 10.0. The Morgan fingerprint density at radius 1 is 1.20 bits per heavy atom.